The van der Waals surface area contributed by atoms with Crippen LogP contribution in [-0.2, 0) is 11.3 Å². The Morgan fingerprint density at radius 1 is 1.25 bits per heavy atom. The van der Waals surface area contributed by atoms with Crippen LogP contribution in [0.1, 0.15) is 35.5 Å². The largest absolute Gasteiger partial charge is 0.373 e. The van der Waals surface area contributed by atoms with Crippen LogP contribution in [0.5, 0.6) is 0 Å². The molecule has 3 amide bonds. The number of anilines is 1. The number of para-hydroxylation sites is 1. The number of carbonyl (C=O) groups excluding carboxylic acids is 2. The van der Waals surface area contributed by atoms with Crippen LogP contribution in [0.15, 0.2) is 41.8 Å². The second-order valence-electron chi connectivity index (χ2n) is 8.07. The number of benzene rings is 1. The van der Waals surface area contributed by atoms with Crippen molar-refractivity contribution in [2.75, 3.05) is 19.0 Å². The number of fused-ring (bicyclic) bond motifs is 1. The second-order valence-corrected chi connectivity index (χ2v) is 9.02. The highest BCUT2D eigenvalue weighted by molar-refractivity contribution is 7.12. The predicted octanol–water partition coefficient (Wildman–Crippen LogP) is 3.71. The molecule has 2 aliphatic rings. The first-order valence-electron chi connectivity index (χ1n) is 9.42. The van der Waals surface area contributed by atoms with Crippen LogP contribution in [-0.4, -0.2) is 41.6 Å². The zero-order valence-corrected chi connectivity index (χ0v) is 17.1. The van der Waals surface area contributed by atoms with Crippen LogP contribution in [0.2, 0.25) is 0 Å². The lowest BCUT2D eigenvalue weighted by Crippen LogP contribution is -2.52. The lowest BCUT2D eigenvalue weighted by Gasteiger charge is -2.31. The van der Waals surface area contributed by atoms with Crippen molar-refractivity contribution >= 4 is 29.0 Å². The lowest BCUT2D eigenvalue weighted by molar-refractivity contribution is -0.00667. The molecule has 1 aliphatic carbocycles. The van der Waals surface area contributed by atoms with E-state index in [1.807, 2.05) is 55.6 Å². The minimum absolute atomic E-state index is 0.0289. The summed E-state index contributed by atoms with van der Waals surface area (Å²) in [5.74, 6) is 0.358. The zero-order valence-electron chi connectivity index (χ0n) is 16.3. The van der Waals surface area contributed by atoms with Gasteiger partial charge in [-0.1, -0.05) is 24.3 Å². The SMILES string of the molecule is CN(Cc1ccccc1NC(=O)NC12CC1COC2(C)C)C(=O)c1cccs1. The van der Waals surface area contributed by atoms with E-state index in [4.69, 9.17) is 4.74 Å². The van der Waals surface area contributed by atoms with Crippen molar-refractivity contribution in [2.45, 2.75) is 38.0 Å². The number of nitrogens with zero attached hydrogens (tertiary/aromatic N) is 1. The maximum absolute atomic E-state index is 12.7. The predicted molar refractivity (Wildman–Crippen MR) is 110 cm³/mol. The number of rotatable bonds is 5. The number of hydrogen-bond acceptors (Lipinski definition) is 4. The van der Waals surface area contributed by atoms with Crippen LogP contribution in [0.4, 0.5) is 10.5 Å². The molecule has 1 aromatic heterocycles. The molecule has 4 rings (SSSR count). The molecule has 2 fully saturated rings. The standard InChI is InChI=1S/C21H25N3O3S/c1-20(2)21(11-15(21)13-27-20)23-19(26)22-16-8-5-4-7-14(16)12-24(3)18(25)17-9-6-10-28-17/h4-10,15H,11-13H2,1-3H3,(H2,22,23,26). The summed E-state index contributed by atoms with van der Waals surface area (Å²) in [5.41, 5.74) is 0.952. The maximum atomic E-state index is 12.7. The summed E-state index contributed by atoms with van der Waals surface area (Å²) >= 11 is 1.42. The average Bonchev–Trinajstić information content (AvgIpc) is 3.00. The Labute approximate surface area is 168 Å². The van der Waals surface area contributed by atoms with Gasteiger partial charge < -0.3 is 20.3 Å². The van der Waals surface area contributed by atoms with Gasteiger partial charge in [0, 0.05) is 25.2 Å². The van der Waals surface area contributed by atoms with Crippen molar-refractivity contribution in [3.63, 3.8) is 0 Å². The summed E-state index contributed by atoms with van der Waals surface area (Å²) < 4.78 is 5.81. The molecule has 2 heterocycles. The van der Waals surface area contributed by atoms with Gasteiger partial charge in [0.05, 0.1) is 22.6 Å². The molecule has 1 saturated carbocycles. The normalized spacial score (nSPS) is 24.3. The highest BCUT2D eigenvalue weighted by Crippen LogP contribution is 2.57. The van der Waals surface area contributed by atoms with Crippen molar-refractivity contribution in [3.05, 3.63) is 52.2 Å². The number of amides is 3. The van der Waals surface area contributed by atoms with Crippen molar-refractivity contribution < 1.29 is 14.3 Å². The average molecular weight is 400 g/mol. The molecule has 1 aromatic carbocycles. The van der Waals surface area contributed by atoms with Crippen molar-refractivity contribution in [1.29, 1.82) is 0 Å². The monoisotopic (exact) mass is 399 g/mol. The third-order valence-electron chi connectivity index (χ3n) is 5.91. The van der Waals surface area contributed by atoms with Crippen molar-refractivity contribution in [1.82, 2.24) is 10.2 Å². The Kier molecular flexibility index (Phi) is 4.67. The van der Waals surface area contributed by atoms with Gasteiger partial charge >= 0.3 is 6.03 Å². The van der Waals surface area contributed by atoms with E-state index in [-0.39, 0.29) is 23.1 Å². The van der Waals surface area contributed by atoms with Crippen LogP contribution >= 0.6 is 11.3 Å². The topological polar surface area (TPSA) is 70.7 Å². The molecular weight excluding hydrogens is 374 g/mol. The first-order valence-corrected chi connectivity index (χ1v) is 10.3. The Morgan fingerprint density at radius 2 is 2.04 bits per heavy atom. The van der Waals surface area contributed by atoms with E-state index < -0.39 is 0 Å². The highest BCUT2D eigenvalue weighted by Gasteiger charge is 2.69. The Hall–Kier alpha value is -2.38. The third kappa shape index (κ3) is 3.29. The van der Waals surface area contributed by atoms with Gasteiger partial charge in [0.15, 0.2) is 0 Å². The zero-order chi connectivity index (χ0) is 19.9. The smallest absolute Gasteiger partial charge is 0.319 e. The molecule has 0 spiro atoms. The molecule has 148 valence electrons. The lowest BCUT2D eigenvalue weighted by atomic mass is 9.96. The van der Waals surface area contributed by atoms with Gasteiger partial charge in [-0.15, -0.1) is 11.3 Å². The fourth-order valence-electron chi connectivity index (χ4n) is 4.06. The molecule has 1 aliphatic heterocycles. The molecule has 2 unspecified atom stereocenters. The number of thiophene rings is 1. The van der Waals surface area contributed by atoms with Crippen LogP contribution in [0.25, 0.3) is 0 Å². The summed E-state index contributed by atoms with van der Waals surface area (Å²) in [5, 5.41) is 7.99. The summed E-state index contributed by atoms with van der Waals surface area (Å²) in [6.07, 6.45) is 0.952. The second kappa shape index (κ2) is 6.90. The van der Waals surface area contributed by atoms with Crippen molar-refractivity contribution in [2.24, 2.45) is 5.92 Å². The van der Waals surface area contributed by atoms with E-state index in [1.54, 1.807) is 11.9 Å². The number of hydrogen-bond donors (Lipinski definition) is 2. The number of urea groups is 1. The van der Waals surface area contributed by atoms with Gasteiger partial charge in [-0.2, -0.15) is 0 Å². The Morgan fingerprint density at radius 3 is 2.68 bits per heavy atom. The van der Waals surface area contributed by atoms with Crippen LogP contribution < -0.4 is 10.6 Å². The van der Waals surface area contributed by atoms with Crippen LogP contribution in [0, 0.1) is 5.92 Å². The minimum atomic E-state index is -0.359. The van der Waals surface area contributed by atoms with Crippen molar-refractivity contribution in [3.8, 4) is 0 Å². The fourth-order valence-corrected chi connectivity index (χ4v) is 4.78. The third-order valence-corrected chi connectivity index (χ3v) is 6.77. The molecule has 2 N–H and O–H groups in total. The van der Waals surface area contributed by atoms with Crippen LogP contribution in [0.3, 0.4) is 0 Å². The maximum Gasteiger partial charge on any atom is 0.319 e. The fraction of sp³-hybridized carbons (Fsp3) is 0.429. The Bertz CT molecular complexity index is 896. The molecule has 6 nitrogen and oxygen atoms in total. The summed E-state index contributed by atoms with van der Waals surface area (Å²) in [6.45, 7) is 5.16. The summed E-state index contributed by atoms with van der Waals surface area (Å²) in [4.78, 5) is 27.6. The first kappa shape index (κ1) is 19.0. The van der Waals surface area contributed by atoms with Gasteiger partial charge in [0.1, 0.15) is 0 Å². The van der Waals surface area contributed by atoms with E-state index in [0.29, 0.717) is 29.6 Å². The molecule has 7 heteroatoms. The molecule has 0 radical (unpaired) electrons. The van der Waals surface area contributed by atoms with Gasteiger partial charge in [0.25, 0.3) is 5.91 Å². The van der Waals surface area contributed by atoms with Gasteiger partial charge in [-0.3, -0.25) is 4.79 Å². The summed E-state index contributed by atoms with van der Waals surface area (Å²) in [6, 6.07) is 11.0. The van der Waals surface area contributed by atoms with E-state index in [2.05, 4.69) is 10.6 Å². The molecule has 1 saturated heterocycles. The number of carbonyl (C=O) groups is 2. The molecule has 2 atom stereocenters. The molecule has 0 bridgehead atoms. The van der Waals surface area contributed by atoms with Gasteiger partial charge in [-0.25, -0.2) is 4.79 Å². The number of ether oxygens (including phenoxy) is 1. The van der Waals surface area contributed by atoms with E-state index in [0.717, 1.165) is 12.0 Å². The number of nitrogens with one attached hydrogen (secondary N) is 2. The quantitative estimate of drug-likeness (QED) is 0.805. The van der Waals surface area contributed by atoms with E-state index in [1.165, 1.54) is 11.3 Å². The molecule has 2 aromatic rings. The van der Waals surface area contributed by atoms with Gasteiger partial charge in [-0.05, 0) is 43.3 Å². The Balaban J connectivity index is 1.43. The minimum Gasteiger partial charge on any atom is -0.373 e. The molecular formula is C21H25N3O3S. The first-order chi connectivity index (χ1) is 13.3. The summed E-state index contributed by atoms with van der Waals surface area (Å²) in [7, 11) is 1.77. The molecule has 28 heavy (non-hydrogen) atoms. The van der Waals surface area contributed by atoms with E-state index in [9.17, 15) is 9.59 Å². The van der Waals surface area contributed by atoms with Gasteiger partial charge in [0.2, 0.25) is 0 Å². The van der Waals surface area contributed by atoms with E-state index >= 15 is 0 Å². The highest BCUT2D eigenvalue weighted by atomic mass is 32.1.